The van der Waals surface area contributed by atoms with E-state index in [0.717, 1.165) is 5.56 Å². The number of thiazole rings is 1. The number of hydrogen-bond donors (Lipinski definition) is 0. The van der Waals surface area contributed by atoms with E-state index in [-0.39, 0.29) is 17.0 Å². The quantitative estimate of drug-likeness (QED) is 0.752. The number of amides is 1. The Labute approximate surface area is 171 Å². The fraction of sp³-hybridized carbons (Fsp3) is 0.350. The number of aromatic nitrogens is 1. The van der Waals surface area contributed by atoms with Crippen molar-refractivity contribution in [2.75, 3.05) is 26.3 Å². The Morgan fingerprint density at radius 1 is 1.39 bits per heavy atom. The van der Waals surface area contributed by atoms with E-state index < -0.39 is 0 Å². The smallest absolute Gasteiger partial charge is 0.269 e. The zero-order valence-electron chi connectivity index (χ0n) is 15.5. The minimum atomic E-state index is -0.355. The maximum absolute atomic E-state index is 12.9. The van der Waals surface area contributed by atoms with E-state index >= 15 is 0 Å². The summed E-state index contributed by atoms with van der Waals surface area (Å²) in [5.41, 5.74) is 0.589. The van der Waals surface area contributed by atoms with Crippen LogP contribution in [0.4, 0.5) is 0 Å². The summed E-state index contributed by atoms with van der Waals surface area (Å²) in [7, 11) is 0. The molecule has 1 aromatic heterocycles. The van der Waals surface area contributed by atoms with Gasteiger partial charge in [-0.05, 0) is 30.2 Å². The van der Waals surface area contributed by atoms with Gasteiger partial charge >= 0.3 is 0 Å². The summed E-state index contributed by atoms with van der Waals surface area (Å²) in [6.45, 7) is 4.17. The second kappa shape index (κ2) is 9.20. The molecule has 1 saturated heterocycles. The zero-order chi connectivity index (χ0) is 20.1. The number of carbonyl (C=O) groups is 1. The highest BCUT2D eigenvalue weighted by Gasteiger charge is 2.23. The van der Waals surface area contributed by atoms with E-state index in [1.54, 1.807) is 23.1 Å². The van der Waals surface area contributed by atoms with E-state index in [0.29, 0.717) is 53.5 Å². The lowest BCUT2D eigenvalue weighted by Gasteiger charge is -2.26. The molecule has 0 aliphatic carbocycles. The maximum Gasteiger partial charge on any atom is 0.269 e. The van der Waals surface area contributed by atoms with Crippen molar-refractivity contribution in [3.63, 3.8) is 0 Å². The number of nitrogens with zero attached hydrogens (tertiary/aromatic N) is 3. The van der Waals surface area contributed by atoms with E-state index in [1.807, 2.05) is 25.1 Å². The van der Waals surface area contributed by atoms with Crippen molar-refractivity contribution < 1.29 is 9.53 Å². The summed E-state index contributed by atoms with van der Waals surface area (Å²) in [6.07, 6.45) is 2.45. The molecule has 0 saturated carbocycles. The highest BCUT2D eigenvalue weighted by molar-refractivity contribution is 7.07. The number of nitriles is 1. The average molecular weight is 418 g/mol. The van der Waals surface area contributed by atoms with Crippen molar-refractivity contribution >= 4 is 40.5 Å². The first-order valence-corrected chi connectivity index (χ1v) is 10.2. The molecule has 2 heterocycles. The van der Waals surface area contributed by atoms with Crippen molar-refractivity contribution in [3.8, 4) is 6.07 Å². The number of hydrogen-bond acceptors (Lipinski definition) is 5. The number of carbonyl (C=O) groups excluding carboxylic acids is 1. The standard InChI is InChI=1S/C20H20ClN3O3S/c1-2-6-24-19(26)17(12-14-4-3-5-15(21)11-14)28-20(24)16(13-22)18(25)23-7-9-27-10-8-23/h3-5,11-12H,2,6-10H2,1H3/b17-12+,20-16+. The molecule has 1 fully saturated rings. The van der Waals surface area contributed by atoms with Gasteiger partial charge in [-0.1, -0.05) is 30.7 Å². The van der Waals surface area contributed by atoms with Crippen LogP contribution in [0, 0.1) is 11.3 Å². The molecule has 1 amide bonds. The summed E-state index contributed by atoms with van der Waals surface area (Å²) in [4.78, 5) is 27.4. The molecule has 6 nitrogen and oxygen atoms in total. The molecular formula is C20H20ClN3O3S. The predicted octanol–water partition coefficient (Wildman–Crippen LogP) is 1.34. The van der Waals surface area contributed by atoms with Crippen LogP contribution in [-0.4, -0.2) is 41.7 Å². The van der Waals surface area contributed by atoms with Crippen LogP contribution in [0.1, 0.15) is 18.9 Å². The van der Waals surface area contributed by atoms with Gasteiger partial charge in [0.15, 0.2) is 5.57 Å². The van der Waals surface area contributed by atoms with E-state index in [9.17, 15) is 14.9 Å². The minimum Gasteiger partial charge on any atom is -0.378 e. The Kier molecular flexibility index (Phi) is 6.68. The first-order chi connectivity index (χ1) is 13.5. The Morgan fingerprint density at radius 3 is 2.79 bits per heavy atom. The lowest BCUT2D eigenvalue weighted by atomic mass is 10.2. The molecule has 0 bridgehead atoms. The van der Waals surface area contributed by atoms with Crippen LogP contribution in [0.25, 0.3) is 11.6 Å². The predicted molar refractivity (Wildman–Crippen MR) is 110 cm³/mol. The number of ether oxygens (including phenoxy) is 1. The minimum absolute atomic E-state index is 0.00296. The molecule has 28 heavy (non-hydrogen) atoms. The van der Waals surface area contributed by atoms with Crippen LogP contribution in [-0.2, 0) is 16.1 Å². The number of morpholine rings is 1. The van der Waals surface area contributed by atoms with Gasteiger partial charge in [0.25, 0.3) is 11.5 Å². The van der Waals surface area contributed by atoms with Crippen molar-refractivity contribution in [1.82, 2.24) is 9.47 Å². The molecule has 0 atom stereocenters. The Balaban J connectivity index is 2.18. The van der Waals surface area contributed by atoms with Gasteiger partial charge in [-0.3, -0.25) is 14.2 Å². The molecule has 2 aromatic rings. The first kappa shape index (κ1) is 20.3. The fourth-order valence-electron chi connectivity index (χ4n) is 2.99. The Hall–Kier alpha value is -2.40. The third-order valence-corrected chi connectivity index (χ3v) is 5.70. The highest BCUT2D eigenvalue weighted by Crippen LogP contribution is 2.11. The molecule has 146 valence electrons. The highest BCUT2D eigenvalue weighted by atomic mass is 35.5. The summed E-state index contributed by atoms with van der Waals surface area (Å²) >= 11 is 7.20. The van der Waals surface area contributed by atoms with Gasteiger partial charge in [0.2, 0.25) is 0 Å². The second-order valence-electron chi connectivity index (χ2n) is 6.32. The maximum atomic E-state index is 12.9. The largest absolute Gasteiger partial charge is 0.378 e. The fourth-order valence-corrected chi connectivity index (χ4v) is 4.31. The van der Waals surface area contributed by atoms with Gasteiger partial charge < -0.3 is 9.64 Å². The van der Waals surface area contributed by atoms with Crippen molar-refractivity contribution in [2.24, 2.45) is 0 Å². The molecule has 0 radical (unpaired) electrons. The van der Waals surface area contributed by atoms with Gasteiger partial charge in [-0.25, -0.2) is 0 Å². The van der Waals surface area contributed by atoms with Gasteiger partial charge in [0.1, 0.15) is 10.7 Å². The normalized spacial score (nSPS) is 16.0. The number of benzene rings is 1. The lowest BCUT2D eigenvalue weighted by Crippen LogP contribution is -2.42. The molecule has 8 heteroatoms. The van der Waals surface area contributed by atoms with Crippen LogP contribution in [0.2, 0.25) is 5.02 Å². The second-order valence-corrected chi connectivity index (χ2v) is 7.79. The molecule has 0 N–H and O–H groups in total. The van der Waals surface area contributed by atoms with E-state index in [1.165, 1.54) is 15.9 Å². The molecule has 3 rings (SSSR count). The van der Waals surface area contributed by atoms with Crippen LogP contribution < -0.4 is 14.8 Å². The average Bonchev–Trinajstić information content (AvgIpc) is 2.99. The first-order valence-electron chi connectivity index (χ1n) is 9.03. The van der Waals surface area contributed by atoms with Crippen LogP contribution in [0.5, 0.6) is 0 Å². The van der Waals surface area contributed by atoms with Crippen LogP contribution >= 0.6 is 22.9 Å². The molecular weight excluding hydrogens is 398 g/mol. The van der Waals surface area contributed by atoms with E-state index in [2.05, 4.69) is 0 Å². The summed E-state index contributed by atoms with van der Waals surface area (Å²) in [5.74, 6) is -0.355. The SMILES string of the molecule is CCCn1c(=O)/c(=C\c2cccc(Cl)c2)s/c1=C(\C#N)C(=O)N1CCOCC1. The number of halogens is 1. The lowest BCUT2D eigenvalue weighted by molar-refractivity contribution is -0.128. The molecule has 1 aliphatic heterocycles. The zero-order valence-corrected chi connectivity index (χ0v) is 17.1. The van der Waals surface area contributed by atoms with Crippen molar-refractivity contribution in [2.45, 2.75) is 19.9 Å². The van der Waals surface area contributed by atoms with Gasteiger partial charge in [-0.2, -0.15) is 5.26 Å². The molecule has 1 aliphatic rings. The Bertz CT molecular complexity index is 1090. The Morgan fingerprint density at radius 2 is 2.14 bits per heavy atom. The van der Waals surface area contributed by atoms with Crippen LogP contribution in [0.15, 0.2) is 29.1 Å². The summed E-state index contributed by atoms with van der Waals surface area (Å²) in [6, 6.07) is 9.21. The van der Waals surface area contributed by atoms with Gasteiger partial charge in [-0.15, -0.1) is 11.3 Å². The summed E-state index contributed by atoms with van der Waals surface area (Å²) < 4.78 is 7.67. The molecule has 0 spiro atoms. The van der Waals surface area contributed by atoms with Gasteiger partial charge in [0.05, 0.1) is 17.7 Å². The van der Waals surface area contributed by atoms with Crippen molar-refractivity contribution in [3.05, 3.63) is 54.4 Å². The third-order valence-electron chi connectivity index (χ3n) is 4.34. The monoisotopic (exact) mass is 417 g/mol. The number of rotatable bonds is 4. The molecule has 1 aromatic carbocycles. The third kappa shape index (κ3) is 4.36. The van der Waals surface area contributed by atoms with Crippen molar-refractivity contribution in [1.29, 1.82) is 5.26 Å². The van der Waals surface area contributed by atoms with Gasteiger partial charge in [0, 0.05) is 24.7 Å². The topological polar surface area (TPSA) is 75.3 Å². The van der Waals surface area contributed by atoms with Crippen LogP contribution in [0.3, 0.4) is 0 Å². The molecule has 0 unspecified atom stereocenters. The van der Waals surface area contributed by atoms with E-state index in [4.69, 9.17) is 16.3 Å². The summed E-state index contributed by atoms with van der Waals surface area (Å²) in [5, 5.41) is 10.3.